The van der Waals surface area contributed by atoms with Crippen LogP contribution in [0.1, 0.15) is 18.4 Å². The van der Waals surface area contributed by atoms with Gasteiger partial charge >= 0.3 is 0 Å². The van der Waals surface area contributed by atoms with Gasteiger partial charge in [-0.2, -0.15) is 0 Å². The van der Waals surface area contributed by atoms with Gasteiger partial charge in [0.25, 0.3) is 0 Å². The first-order valence-electron chi connectivity index (χ1n) is 5.37. The van der Waals surface area contributed by atoms with Gasteiger partial charge in [-0.25, -0.2) is 0 Å². The van der Waals surface area contributed by atoms with Crippen LogP contribution in [0.2, 0.25) is 0 Å². The third kappa shape index (κ3) is 1.53. The second kappa shape index (κ2) is 3.07. The second-order valence-corrected chi connectivity index (χ2v) is 4.29. The van der Waals surface area contributed by atoms with Crippen molar-refractivity contribution in [3.8, 4) is 0 Å². The Bertz CT molecular complexity index is 393. The van der Waals surface area contributed by atoms with Gasteiger partial charge in [-0.15, -0.1) is 0 Å². The molecule has 0 unspecified atom stereocenters. The summed E-state index contributed by atoms with van der Waals surface area (Å²) in [6.07, 6.45) is 3.68. The van der Waals surface area contributed by atoms with Gasteiger partial charge in [0.2, 0.25) is 0 Å². The van der Waals surface area contributed by atoms with Crippen LogP contribution in [0, 0.1) is 0 Å². The molecule has 2 aliphatic rings. The third-order valence-electron chi connectivity index (χ3n) is 3.15. The molecule has 3 heteroatoms. The van der Waals surface area contributed by atoms with E-state index in [1.807, 2.05) is 18.5 Å². The smallest absolute Gasteiger partial charge is 0.0899 e. The number of anilines is 1. The van der Waals surface area contributed by atoms with Crippen LogP contribution in [-0.4, -0.2) is 24.5 Å². The van der Waals surface area contributed by atoms with E-state index in [4.69, 9.17) is 0 Å². The lowest BCUT2D eigenvalue weighted by molar-refractivity contribution is 0.151. The Labute approximate surface area is 89.1 Å². The topological polar surface area (TPSA) is 35.8 Å². The van der Waals surface area contributed by atoms with Crippen LogP contribution in [-0.2, 0) is 5.60 Å². The summed E-state index contributed by atoms with van der Waals surface area (Å²) in [5.74, 6) is 0. The monoisotopic (exact) mass is 202 g/mol. The number of hydrogen-bond donors (Lipinski definition) is 1. The van der Waals surface area contributed by atoms with Gasteiger partial charge in [0.05, 0.1) is 18.5 Å². The Morgan fingerprint density at radius 2 is 1.93 bits per heavy atom. The molecule has 0 aromatic heterocycles. The van der Waals surface area contributed by atoms with Crippen molar-refractivity contribution in [1.82, 2.24) is 0 Å². The molecule has 0 bridgehead atoms. The Hall–Kier alpha value is -1.35. The van der Waals surface area contributed by atoms with Crippen molar-refractivity contribution in [2.45, 2.75) is 18.4 Å². The summed E-state index contributed by atoms with van der Waals surface area (Å²) in [5, 5.41) is 9.92. The lowest BCUT2D eigenvalue weighted by Crippen LogP contribution is -2.18. The van der Waals surface area contributed by atoms with Gasteiger partial charge in [0, 0.05) is 12.2 Å². The summed E-state index contributed by atoms with van der Waals surface area (Å²) in [6.45, 7) is 1.84. The molecule has 0 amide bonds. The molecule has 0 spiro atoms. The molecule has 1 saturated carbocycles. The molecule has 0 radical (unpaired) electrons. The van der Waals surface area contributed by atoms with Crippen LogP contribution in [0.5, 0.6) is 0 Å². The van der Waals surface area contributed by atoms with Crippen LogP contribution in [0.4, 0.5) is 5.69 Å². The molecule has 1 N–H and O–H groups in total. The zero-order valence-electron chi connectivity index (χ0n) is 8.56. The minimum atomic E-state index is -0.516. The molecule has 3 nitrogen and oxygen atoms in total. The molecule has 1 aliphatic carbocycles. The van der Waals surface area contributed by atoms with E-state index in [-0.39, 0.29) is 0 Å². The van der Waals surface area contributed by atoms with Crippen LogP contribution in [0.25, 0.3) is 0 Å². The van der Waals surface area contributed by atoms with Crippen LogP contribution >= 0.6 is 0 Å². The van der Waals surface area contributed by atoms with Crippen molar-refractivity contribution in [2.24, 2.45) is 4.99 Å². The Balaban J connectivity index is 1.84. The predicted octanol–water partition coefficient (Wildman–Crippen LogP) is 1.52. The number of hydrogen-bond acceptors (Lipinski definition) is 3. The van der Waals surface area contributed by atoms with Crippen molar-refractivity contribution in [2.75, 3.05) is 18.0 Å². The van der Waals surface area contributed by atoms with Gasteiger partial charge in [-0.05, 0) is 30.5 Å². The quantitative estimate of drug-likeness (QED) is 0.789. The number of rotatable bonds is 2. The molecule has 1 fully saturated rings. The van der Waals surface area contributed by atoms with Crippen molar-refractivity contribution in [3.05, 3.63) is 29.8 Å². The molecular weight excluding hydrogens is 188 g/mol. The van der Waals surface area contributed by atoms with Gasteiger partial charge in [-0.3, -0.25) is 4.99 Å². The van der Waals surface area contributed by atoms with Gasteiger partial charge in [0.15, 0.2) is 0 Å². The fourth-order valence-electron chi connectivity index (χ4n) is 1.95. The summed E-state index contributed by atoms with van der Waals surface area (Å²) >= 11 is 0. The average molecular weight is 202 g/mol. The number of nitrogens with zero attached hydrogens (tertiary/aromatic N) is 2. The zero-order valence-corrected chi connectivity index (χ0v) is 8.56. The van der Waals surface area contributed by atoms with Gasteiger partial charge in [-0.1, -0.05) is 12.1 Å². The summed E-state index contributed by atoms with van der Waals surface area (Å²) in [6, 6.07) is 8.16. The molecule has 1 aromatic carbocycles. The highest BCUT2D eigenvalue weighted by Gasteiger charge is 2.41. The molecule has 0 atom stereocenters. The molecule has 0 saturated heterocycles. The maximum absolute atomic E-state index is 9.92. The largest absolute Gasteiger partial charge is 0.385 e. The summed E-state index contributed by atoms with van der Waals surface area (Å²) in [7, 11) is 0. The van der Waals surface area contributed by atoms with E-state index in [1.54, 1.807) is 0 Å². The van der Waals surface area contributed by atoms with Crippen molar-refractivity contribution in [3.63, 3.8) is 0 Å². The lowest BCUT2D eigenvalue weighted by Gasteiger charge is -2.15. The van der Waals surface area contributed by atoms with Gasteiger partial charge < -0.3 is 10.0 Å². The first-order chi connectivity index (χ1) is 7.28. The van der Waals surface area contributed by atoms with Crippen LogP contribution in [0.3, 0.4) is 0 Å². The summed E-state index contributed by atoms with van der Waals surface area (Å²) < 4.78 is 0. The normalized spacial score (nSPS) is 22.1. The number of aliphatic hydroxyl groups is 1. The van der Waals surface area contributed by atoms with E-state index in [1.165, 1.54) is 0 Å². The lowest BCUT2D eigenvalue weighted by atomic mass is 10.1. The highest BCUT2D eigenvalue weighted by molar-refractivity contribution is 5.80. The maximum atomic E-state index is 9.92. The van der Waals surface area contributed by atoms with Gasteiger partial charge in [0.1, 0.15) is 0 Å². The Kier molecular flexibility index (Phi) is 1.83. The minimum absolute atomic E-state index is 0.516. The molecule has 15 heavy (non-hydrogen) atoms. The SMILES string of the molecule is OC1(c2ccc(N3C=NCC3)cc2)CC1. The molecule has 1 aliphatic heterocycles. The molecule has 1 aromatic rings. The first kappa shape index (κ1) is 8.92. The Morgan fingerprint density at radius 1 is 1.20 bits per heavy atom. The third-order valence-corrected chi connectivity index (χ3v) is 3.15. The predicted molar refractivity (Wildman–Crippen MR) is 60.3 cm³/mol. The standard InChI is InChI=1S/C12H14N2O/c15-12(5-6-12)10-1-3-11(4-2-10)14-8-7-13-9-14/h1-4,9,15H,5-8H2. The van der Waals surface area contributed by atoms with E-state index < -0.39 is 5.60 Å². The van der Waals surface area contributed by atoms with E-state index in [0.29, 0.717) is 0 Å². The second-order valence-electron chi connectivity index (χ2n) is 4.29. The zero-order chi connectivity index (χ0) is 10.3. The molecule has 1 heterocycles. The molecule has 78 valence electrons. The van der Waals surface area contributed by atoms with Crippen molar-refractivity contribution in [1.29, 1.82) is 0 Å². The van der Waals surface area contributed by atoms with E-state index in [2.05, 4.69) is 22.0 Å². The first-order valence-corrected chi connectivity index (χ1v) is 5.37. The van der Waals surface area contributed by atoms with Crippen LogP contribution < -0.4 is 4.90 Å². The highest BCUT2D eigenvalue weighted by Crippen LogP contribution is 2.45. The van der Waals surface area contributed by atoms with Crippen LogP contribution in [0.15, 0.2) is 29.3 Å². The van der Waals surface area contributed by atoms with E-state index >= 15 is 0 Å². The molecular formula is C12H14N2O. The summed E-state index contributed by atoms with van der Waals surface area (Å²) in [4.78, 5) is 6.30. The fourth-order valence-corrected chi connectivity index (χ4v) is 1.95. The maximum Gasteiger partial charge on any atom is 0.0899 e. The fraction of sp³-hybridized carbons (Fsp3) is 0.417. The average Bonchev–Trinajstić information content (AvgIpc) is 2.84. The molecule has 3 rings (SSSR count). The van der Waals surface area contributed by atoms with E-state index in [0.717, 1.165) is 37.2 Å². The van der Waals surface area contributed by atoms with Crippen molar-refractivity contribution >= 4 is 12.0 Å². The van der Waals surface area contributed by atoms with Crippen molar-refractivity contribution < 1.29 is 5.11 Å². The van der Waals surface area contributed by atoms with E-state index in [9.17, 15) is 5.11 Å². The number of benzene rings is 1. The summed E-state index contributed by atoms with van der Waals surface area (Å²) in [5.41, 5.74) is 1.68. The minimum Gasteiger partial charge on any atom is -0.385 e. The highest BCUT2D eigenvalue weighted by atomic mass is 16.3. The Morgan fingerprint density at radius 3 is 2.47 bits per heavy atom. The number of aliphatic imine (C=N–C) groups is 1.